The van der Waals surface area contributed by atoms with E-state index in [1.165, 1.54) is 17.6 Å². The second-order valence-corrected chi connectivity index (χ2v) is 11.1. The molecule has 0 saturated heterocycles. The zero-order valence-corrected chi connectivity index (χ0v) is 19.0. The summed E-state index contributed by atoms with van der Waals surface area (Å²) in [6, 6.07) is 4.08. The van der Waals surface area contributed by atoms with Crippen molar-refractivity contribution < 1.29 is 15.0 Å². The fraction of sp³-hybridized carbons (Fsp3) is 0.630. The van der Waals surface area contributed by atoms with Crippen molar-refractivity contribution in [1.29, 1.82) is 0 Å². The van der Waals surface area contributed by atoms with Gasteiger partial charge in [-0.2, -0.15) is 0 Å². The van der Waals surface area contributed by atoms with Crippen LogP contribution in [-0.4, -0.2) is 27.3 Å². The lowest BCUT2D eigenvalue weighted by Gasteiger charge is -2.59. The van der Waals surface area contributed by atoms with E-state index < -0.39 is 5.97 Å². The van der Waals surface area contributed by atoms with Crippen molar-refractivity contribution >= 4 is 11.5 Å². The van der Waals surface area contributed by atoms with Gasteiger partial charge in [0.25, 0.3) is 0 Å². The highest BCUT2D eigenvalue weighted by Gasteiger charge is 2.59. The first-order valence-corrected chi connectivity index (χ1v) is 12.0. The van der Waals surface area contributed by atoms with Gasteiger partial charge in [0.2, 0.25) is 0 Å². The Kier molecular flexibility index (Phi) is 4.93. The van der Waals surface area contributed by atoms with Crippen molar-refractivity contribution in [2.45, 2.75) is 71.8 Å². The van der Waals surface area contributed by atoms with Crippen LogP contribution in [0, 0.1) is 34.5 Å². The minimum Gasteiger partial charge on any atom is -0.481 e. The number of carbonyl (C=O) groups is 1. The molecule has 1 aromatic heterocycles. The van der Waals surface area contributed by atoms with E-state index in [4.69, 9.17) is 0 Å². The highest BCUT2D eigenvalue weighted by atomic mass is 16.4. The molecule has 0 radical (unpaired) electrons. The number of aliphatic hydroxyl groups is 1. The Morgan fingerprint density at radius 1 is 1.16 bits per heavy atom. The summed E-state index contributed by atoms with van der Waals surface area (Å²) in [5, 5.41) is 20.0. The summed E-state index contributed by atoms with van der Waals surface area (Å²) in [6.07, 6.45) is 12.1. The first-order chi connectivity index (χ1) is 14.7. The quantitative estimate of drug-likeness (QED) is 0.633. The summed E-state index contributed by atoms with van der Waals surface area (Å²) in [5.41, 5.74) is 5.14. The topological polar surface area (TPSA) is 70.4 Å². The zero-order chi connectivity index (χ0) is 22.0. The second kappa shape index (κ2) is 7.30. The summed E-state index contributed by atoms with van der Waals surface area (Å²) >= 11 is 0. The van der Waals surface area contributed by atoms with Gasteiger partial charge in [0, 0.05) is 12.4 Å². The maximum absolute atomic E-state index is 11.8. The molecule has 4 aliphatic carbocycles. The molecule has 1 heterocycles. The van der Waals surface area contributed by atoms with Crippen LogP contribution in [0.25, 0.3) is 5.57 Å². The number of nitrogens with zero attached hydrogens (tertiary/aromatic N) is 1. The molecule has 0 spiro atoms. The number of carboxylic acids is 1. The van der Waals surface area contributed by atoms with Crippen molar-refractivity contribution in [1.82, 2.24) is 4.98 Å². The smallest absolute Gasteiger partial charge is 0.307 e. The average molecular weight is 422 g/mol. The SMILES string of the molecule is CC1C=C2CC(O)CC[C@]2(C)[C@@H]2CC[C@]3(C)C(c4cccnc4)=C(CC(=O)O)C[C@H]3[C@H]12. The van der Waals surface area contributed by atoms with Gasteiger partial charge < -0.3 is 10.2 Å². The van der Waals surface area contributed by atoms with Crippen LogP contribution >= 0.6 is 0 Å². The molecule has 7 atom stereocenters. The molecule has 31 heavy (non-hydrogen) atoms. The average Bonchev–Trinajstić information content (AvgIpc) is 3.01. The van der Waals surface area contributed by atoms with Crippen molar-refractivity contribution in [2.24, 2.45) is 34.5 Å². The number of rotatable bonds is 3. The van der Waals surface area contributed by atoms with Crippen LogP contribution in [0.15, 0.2) is 41.7 Å². The monoisotopic (exact) mass is 421 g/mol. The number of aliphatic carboxylic acids is 1. The Morgan fingerprint density at radius 3 is 2.65 bits per heavy atom. The third-order valence-corrected chi connectivity index (χ3v) is 9.50. The number of aromatic nitrogens is 1. The van der Waals surface area contributed by atoms with Crippen LogP contribution in [0.2, 0.25) is 0 Å². The van der Waals surface area contributed by atoms with Crippen molar-refractivity contribution in [3.8, 4) is 0 Å². The number of pyridine rings is 1. The standard InChI is InChI=1S/C27H35NO3/c1-16-11-19-14-20(29)6-8-26(19,2)21-7-9-27(3)22(24(16)21)12-18(13-23(30)31)25(27)17-5-4-10-28-15-17/h4-5,10-11,15-16,20-22,24,29H,6-9,12-14H2,1-3H3,(H,30,31)/t16?,20?,21-,22+,24-,26+,27+/m1/s1. The van der Waals surface area contributed by atoms with Crippen LogP contribution in [-0.2, 0) is 4.79 Å². The molecule has 2 fully saturated rings. The van der Waals surface area contributed by atoms with Gasteiger partial charge in [-0.15, -0.1) is 0 Å². The fourth-order valence-corrected chi connectivity index (χ4v) is 8.17. The van der Waals surface area contributed by atoms with Crippen LogP contribution < -0.4 is 0 Å². The Hall–Kier alpha value is -1.94. The number of allylic oxidation sites excluding steroid dienone is 2. The third-order valence-electron chi connectivity index (χ3n) is 9.50. The molecule has 4 nitrogen and oxygen atoms in total. The van der Waals surface area contributed by atoms with Gasteiger partial charge in [0.1, 0.15) is 0 Å². The Morgan fingerprint density at radius 2 is 1.94 bits per heavy atom. The zero-order valence-electron chi connectivity index (χ0n) is 19.0. The molecule has 5 rings (SSSR count). The van der Waals surface area contributed by atoms with Gasteiger partial charge in [0.15, 0.2) is 0 Å². The molecule has 4 heteroatoms. The van der Waals surface area contributed by atoms with Crippen molar-refractivity contribution in [3.63, 3.8) is 0 Å². The van der Waals surface area contributed by atoms with Crippen LogP contribution in [0.5, 0.6) is 0 Å². The minimum absolute atomic E-state index is 0.000866. The van der Waals surface area contributed by atoms with E-state index in [-0.39, 0.29) is 23.4 Å². The number of aliphatic hydroxyl groups excluding tert-OH is 1. The van der Waals surface area contributed by atoms with Gasteiger partial charge in [-0.05, 0) is 90.2 Å². The lowest BCUT2D eigenvalue weighted by Crippen LogP contribution is -2.52. The summed E-state index contributed by atoms with van der Waals surface area (Å²) in [6.45, 7) is 7.19. The van der Waals surface area contributed by atoms with Crippen LogP contribution in [0.3, 0.4) is 0 Å². The normalized spacial score (nSPS) is 41.8. The van der Waals surface area contributed by atoms with E-state index in [0.717, 1.165) is 43.2 Å². The predicted molar refractivity (Wildman–Crippen MR) is 121 cm³/mol. The lowest BCUT2D eigenvalue weighted by atomic mass is 9.45. The van der Waals surface area contributed by atoms with Gasteiger partial charge in [-0.25, -0.2) is 0 Å². The molecule has 0 aliphatic heterocycles. The van der Waals surface area contributed by atoms with Gasteiger partial charge >= 0.3 is 5.97 Å². The number of hydrogen-bond acceptors (Lipinski definition) is 3. The number of hydrogen-bond donors (Lipinski definition) is 2. The van der Waals surface area contributed by atoms with Gasteiger partial charge in [-0.3, -0.25) is 9.78 Å². The van der Waals surface area contributed by atoms with Gasteiger partial charge in [-0.1, -0.05) is 44.1 Å². The first kappa shape index (κ1) is 20.9. The summed E-state index contributed by atoms with van der Waals surface area (Å²) in [7, 11) is 0. The highest BCUT2D eigenvalue weighted by molar-refractivity contribution is 5.81. The van der Waals surface area contributed by atoms with E-state index in [9.17, 15) is 15.0 Å². The molecule has 2 saturated carbocycles. The summed E-state index contributed by atoms with van der Waals surface area (Å²) in [4.78, 5) is 16.1. The largest absolute Gasteiger partial charge is 0.481 e. The van der Waals surface area contributed by atoms with E-state index in [1.807, 2.05) is 12.3 Å². The van der Waals surface area contributed by atoms with Crippen LogP contribution in [0.4, 0.5) is 0 Å². The molecule has 0 amide bonds. The Balaban J connectivity index is 1.57. The van der Waals surface area contributed by atoms with E-state index >= 15 is 0 Å². The van der Waals surface area contributed by atoms with Gasteiger partial charge in [0.05, 0.1) is 12.5 Å². The molecule has 4 aliphatic rings. The molecule has 1 aromatic rings. The van der Waals surface area contributed by atoms with Crippen molar-refractivity contribution in [3.05, 3.63) is 47.3 Å². The van der Waals surface area contributed by atoms with E-state index in [0.29, 0.717) is 23.7 Å². The minimum atomic E-state index is -0.734. The number of carboxylic acid groups (broad SMARTS) is 1. The third kappa shape index (κ3) is 3.13. The second-order valence-electron chi connectivity index (χ2n) is 11.1. The lowest BCUT2D eigenvalue weighted by molar-refractivity contribution is -0.136. The number of fused-ring (bicyclic) bond motifs is 5. The molecule has 2 N–H and O–H groups in total. The Labute approximate surface area is 185 Å². The molecule has 166 valence electrons. The maximum Gasteiger partial charge on any atom is 0.307 e. The molecule has 0 bridgehead atoms. The molecular formula is C27H35NO3. The van der Waals surface area contributed by atoms with Crippen LogP contribution in [0.1, 0.15) is 71.3 Å². The van der Waals surface area contributed by atoms with E-state index in [2.05, 4.69) is 37.9 Å². The Bertz CT molecular complexity index is 950. The first-order valence-electron chi connectivity index (χ1n) is 12.0. The van der Waals surface area contributed by atoms with Crippen molar-refractivity contribution in [2.75, 3.05) is 0 Å². The predicted octanol–water partition coefficient (Wildman–Crippen LogP) is 5.49. The maximum atomic E-state index is 11.8. The molecule has 0 aromatic carbocycles. The molecule has 2 unspecified atom stereocenters. The molecular weight excluding hydrogens is 386 g/mol. The summed E-state index contributed by atoms with van der Waals surface area (Å²) < 4.78 is 0. The summed E-state index contributed by atoms with van der Waals surface area (Å²) in [5.74, 6) is 1.37. The van der Waals surface area contributed by atoms with E-state index in [1.54, 1.807) is 6.20 Å². The highest BCUT2D eigenvalue weighted by Crippen LogP contribution is 2.68. The fourth-order valence-electron chi connectivity index (χ4n) is 8.17.